The molecule has 1 aliphatic heterocycles. The minimum Gasteiger partial charge on any atom is -0.492 e. The fourth-order valence-electron chi connectivity index (χ4n) is 2.08. The maximum Gasteiger partial charge on any atom is 0.133 e. The molecule has 0 N–H and O–H groups in total. The second kappa shape index (κ2) is 4.94. The molecular weight excluding hydrogens is 314 g/mol. The van der Waals surface area contributed by atoms with Crippen molar-refractivity contribution in [1.29, 1.82) is 0 Å². The van der Waals surface area contributed by atoms with E-state index < -0.39 is 11.0 Å². The molecule has 0 aromatic heterocycles. The lowest BCUT2D eigenvalue weighted by Crippen LogP contribution is -2.18. The summed E-state index contributed by atoms with van der Waals surface area (Å²) in [6.45, 7) is 4.39. The Morgan fingerprint density at radius 1 is 1.50 bits per heavy atom. The van der Waals surface area contributed by atoms with Gasteiger partial charge in [-0.25, -0.2) is 8.51 Å². The Morgan fingerprint density at radius 3 is 2.94 bits per heavy atom. The van der Waals surface area contributed by atoms with E-state index >= 15 is 0 Å². The number of nitrogens with zero attached hydrogens (tertiary/aromatic N) is 1. The van der Waals surface area contributed by atoms with Crippen molar-refractivity contribution in [3.8, 4) is 5.75 Å². The molecule has 1 aliphatic carbocycles. The summed E-state index contributed by atoms with van der Waals surface area (Å²) in [6, 6.07) is 3.98. The lowest BCUT2D eigenvalue weighted by atomic mass is 10.2. The van der Waals surface area contributed by atoms with Crippen LogP contribution >= 0.6 is 15.9 Å². The molecule has 1 heterocycles. The van der Waals surface area contributed by atoms with E-state index in [0.717, 1.165) is 46.3 Å². The van der Waals surface area contributed by atoms with Crippen LogP contribution in [0.1, 0.15) is 25.3 Å². The zero-order chi connectivity index (χ0) is 12.7. The summed E-state index contributed by atoms with van der Waals surface area (Å²) in [7, 11) is -1.01. The van der Waals surface area contributed by atoms with Gasteiger partial charge >= 0.3 is 0 Å². The zero-order valence-corrected chi connectivity index (χ0v) is 12.7. The van der Waals surface area contributed by atoms with Gasteiger partial charge in [0.2, 0.25) is 0 Å². The maximum atomic E-state index is 12.1. The summed E-state index contributed by atoms with van der Waals surface area (Å²) in [5.41, 5.74) is 1.13. The van der Waals surface area contributed by atoms with E-state index in [4.69, 9.17) is 4.74 Å². The van der Waals surface area contributed by atoms with Gasteiger partial charge in [0.05, 0.1) is 16.0 Å². The topological polar surface area (TPSA) is 29.5 Å². The standard InChI is InChI=1S/C13H16BrNO2S/c1-2-15-7-10-5-12(17-8-9-3-4-9)11(14)6-13(10)18(15)16/h5-6,9H,2-4,7-8H2,1H3. The largest absolute Gasteiger partial charge is 0.492 e. The number of rotatable bonds is 4. The molecule has 1 atom stereocenters. The smallest absolute Gasteiger partial charge is 0.133 e. The van der Waals surface area contributed by atoms with Crippen molar-refractivity contribution in [2.45, 2.75) is 31.2 Å². The number of hydrogen-bond donors (Lipinski definition) is 0. The summed E-state index contributed by atoms with van der Waals surface area (Å²) in [5.74, 6) is 1.63. The minimum absolute atomic E-state index is 0.742. The van der Waals surface area contributed by atoms with E-state index in [1.165, 1.54) is 12.8 Å². The Bertz CT molecular complexity index is 502. The van der Waals surface area contributed by atoms with E-state index in [1.54, 1.807) is 0 Å². The van der Waals surface area contributed by atoms with Crippen LogP contribution in [0.3, 0.4) is 0 Å². The first-order valence-corrected chi connectivity index (χ1v) is 8.21. The summed E-state index contributed by atoms with van der Waals surface area (Å²) < 4.78 is 20.8. The summed E-state index contributed by atoms with van der Waals surface area (Å²) in [5, 5.41) is 0. The molecular formula is C13H16BrNO2S. The predicted molar refractivity (Wildman–Crippen MR) is 74.9 cm³/mol. The lowest BCUT2D eigenvalue weighted by Gasteiger charge is -2.09. The first kappa shape index (κ1) is 12.6. The molecule has 0 saturated heterocycles. The summed E-state index contributed by atoms with van der Waals surface area (Å²) >= 11 is 3.51. The molecule has 1 aromatic carbocycles. The SMILES string of the molecule is CCN1Cc2cc(OCC3CC3)c(Br)cc2S1=O. The van der Waals surface area contributed by atoms with Gasteiger partial charge in [0.25, 0.3) is 0 Å². The fraction of sp³-hybridized carbons (Fsp3) is 0.538. The monoisotopic (exact) mass is 329 g/mol. The third-order valence-electron chi connectivity index (χ3n) is 3.41. The second-order valence-corrected chi connectivity index (χ2v) is 7.16. The number of hydrogen-bond acceptors (Lipinski definition) is 2. The molecule has 1 fully saturated rings. The molecule has 2 aliphatic rings. The van der Waals surface area contributed by atoms with Gasteiger partial charge in [-0.05, 0) is 52.4 Å². The molecule has 5 heteroatoms. The fourth-order valence-corrected chi connectivity index (χ4v) is 4.03. The average molecular weight is 330 g/mol. The van der Waals surface area contributed by atoms with Crippen molar-refractivity contribution < 1.29 is 8.95 Å². The molecule has 1 aromatic rings. The van der Waals surface area contributed by atoms with E-state index in [0.29, 0.717) is 0 Å². The Morgan fingerprint density at radius 2 is 2.28 bits per heavy atom. The Hall–Kier alpha value is -0.390. The highest BCUT2D eigenvalue weighted by atomic mass is 79.9. The summed E-state index contributed by atoms with van der Waals surface area (Å²) in [4.78, 5) is 0.919. The second-order valence-electron chi connectivity index (χ2n) is 4.85. The Balaban J connectivity index is 1.84. The molecule has 0 radical (unpaired) electrons. The van der Waals surface area contributed by atoms with Crippen LogP contribution in [-0.4, -0.2) is 21.7 Å². The van der Waals surface area contributed by atoms with Crippen molar-refractivity contribution in [1.82, 2.24) is 4.31 Å². The molecule has 98 valence electrons. The van der Waals surface area contributed by atoms with E-state index in [-0.39, 0.29) is 0 Å². The van der Waals surface area contributed by atoms with Gasteiger partial charge < -0.3 is 4.74 Å². The van der Waals surface area contributed by atoms with Crippen molar-refractivity contribution in [3.63, 3.8) is 0 Å². The molecule has 1 saturated carbocycles. The molecule has 0 amide bonds. The molecule has 0 bridgehead atoms. The highest BCUT2D eigenvalue weighted by Crippen LogP contribution is 2.37. The van der Waals surface area contributed by atoms with Crippen LogP contribution in [0.5, 0.6) is 5.75 Å². The van der Waals surface area contributed by atoms with E-state index in [2.05, 4.69) is 15.9 Å². The third kappa shape index (κ3) is 2.36. The van der Waals surface area contributed by atoms with Crippen LogP contribution in [0.25, 0.3) is 0 Å². The van der Waals surface area contributed by atoms with Gasteiger partial charge in [0.1, 0.15) is 16.7 Å². The molecule has 18 heavy (non-hydrogen) atoms. The van der Waals surface area contributed by atoms with Crippen LogP contribution < -0.4 is 4.74 Å². The third-order valence-corrected chi connectivity index (χ3v) is 5.64. The highest BCUT2D eigenvalue weighted by molar-refractivity contribution is 9.10. The van der Waals surface area contributed by atoms with E-state index in [9.17, 15) is 4.21 Å². The van der Waals surface area contributed by atoms with Crippen LogP contribution in [0, 0.1) is 5.92 Å². The van der Waals surface area contributed by atoms with Gasteiger partial charge in [-0.2, -0.15) is 0 Å². The minimum atomic E-state index is -1.01. The van der Waals surface area contributed by atoms with Crippen LogP contribution in [0.15, 0.2) is 21.5 Å². The summed E-state index contributed by atoms with van der Waals surface area (Å²) in [6.07, 6.45) is 2.58. The van der Waals surface area contributed by atoms with Crippen molar-refractivity contribution in [3.05, 3.63) is 22.2 Å². The lowest BCUT2D eigenvalue weighted by molar-refractivity contribution is 0.297. The number of halogens is 1. The van der Waals surface area contributed by atoms with Gasteiger partial charge in [0.15, 0.2) is 0 Å². The Labute approximate surface area is 118 Å². The first-order chi connectivity index (χ1) is 8.69. The maximum absolute atomic E-state index is 12.1. The Kier molecular flexibility index (Phi) is 3.47. The van der Waals surface area contributed by atoms with Gasteiger partial charge in [-0.3, -0.25) is 0 Å². The molecule has 3 rings (SSSR count). The van der Waals surface area contributed by atoms with Crippen LogP contribution in [0.2, 0.25) is 0 Å². The highest BCUT2D eigenvalue weighted by Gasteiger charge is 2.28. The zero-order valence-electron chi connectivity index (χ0n) is 10.3. The molecule has 1 unspecified atom stereocenters. The van der Waals surface area contributed by atoms with Gasteiger partial charge in [0, 0.05) is 13.1 Å². The molecule has 0 spiro atoms. The van der Waals surface area contributed by atoms with Gasteiger partial charge in [-0.15, -0.1) is 0 Å². The number of ether oxygens (including phenoxy) is 1. The van der Waals surface area contributed by atoms with Crippen LogP contribution in [-0.2, 0) is 17.5 Å². The normalized spacial score (nSPS) is 23.1. The van der Waals surface area contributed by atoms with Crippen LogP contribution in [0.4, 0.5) is 0 Å². The van der Waals surface area contributed by atoms with Gasteiger partial charge in [-0.1, -0.05) is 6.92 Å². The quantitative estimate of drug-likeness (QED) is 0.849. The predicted octanol–water partition coefficient (Wildman–Crippen LogP) is 3.10. The number of fused-ring (bicyclic) bond motifs is 1. The van der Waals surface area contributed by atoms with Crippen molar-refractivity contribution >= 4 is 26.9 Å². The first-order valence-electron chi connectivity index (χ1n) is 6.31. The van der Waals surface area contributed by atoms with Crippen molar-refractivity contribution in [2.75, 3.05) is 13.2 Å². The van der Waals surface area contributed by atoms with E-state index in [1.807, 2.05) is 23.4 Å². The number of benzene rings is 1. The average Bonchev–Trinajstić information content (AvgIpc) is 3.14. The molecule has 3 nitrogen and oxygen atoms in total. The van der Waals surface area contributed by atoms with Crippen molar-refractivity contribution in [2.24, 2.45) is 5.92 Å².